The summed E-state index contributed by atoms with van der Waals surface area (Å²) >= 11 is 0. The highest BCUT2D eigenvalue weighted by Crippen LogP contribution is 2.20. The predicted octanol–water partition coefficient (Wildman–Crippen LogP) is 4.90. The second-order valence-electron chi connectivity index (χ2n) is 6.23. The third-order valence-corrected chi connectivity index (χ3v) is 7.44. The molecule has 0 spiro atoms. The monoisotopic (exact) mass is 386 g/mol. The van der Waals surface area contributed by atoms with Gasteiger partial charge in [-0.3, -0.25) is 4.79 Å². The van der Waals surface area contributed by atoms with Gasteiger partial charge in [0.1, 0.15) is 0 Å². The molecule has 0 N–H and O–H groups in total. The highest BCUT2D eigenvalue weighted by molar-refractivity contribution is 6.60. The summed E-state index contributed by atoms with van der Waals surface area (Å²) in [6.45, 7) is 7.72. The summed E-state index contributed by atoms with van der Waals surface area (Å²) in [7, 11) is -2.58. The molecule has 2 aromatic carbocycles. The molecule has 2 aromatic rings. The molecule has 0 aliphatic rings. The number of ketones is 1. The summed E-state index contributed by atoms with van der Waals surface area (Å²) in [6.07, 6.45) is 1.83. The number of carbonyl (C=O) groups is 1. The van der Waals surface area contributed by atoms with E-state index in [1.165, 1.54) is 5.56 Å². The zero-order chi connectivity index (χ0) is 19.5. The second-order valence-corrected chi connectivity index (χ2v) is 8.96. The summed E-state index contributed by atoms with van der Waals surface area (Å²) in [5.41, 5.74) is 2.63. The fraction of sp³-hybridized carbons (Fsp3) is 0.409. The van der Waals surface area contributed by atoms with Crippen molar-refractivity contribution in [3.05, 3.63) is 71.3 Å². The molecule has 27 heavy (non-hydrogen) atoms. The van der Waals surface area contributed by atoms with E-state index in [9.17, 15) is 4.79 Å². The first-order valence-electron chi connectivity index (χ1n) is 9.74. The molecule has 4 nitrogen and oxygen atoms in total. The highest BCUT2D eigenvalue weighted by Gasteiger charge is 2.39. The average molecular weight is 387 g/mol. The minimum Gasteiger partial charge on any atom is -0.374 e. The molecular formula is C22H30O4Si. The Morgan fingerprint density at radius 1 is 0.778 bits per heavy atom. The number of aryl methyl sites for hydroxylation is 1. The van der Waals surface area contributed by atoms with Crippen LogP contribution in [0.1, 0.15) is 48.7 Å². The maximum Gasteiger partial charge on any atom is 0.500 e. The molecular weight excluding hydrogens is 356 g/mol. The summed E-state index contributed by atoms with van der Waals surface area (Å²) < 4.78 is 17.7. The molecule has 0 aliphatic heterocycles. The van der Waals surface area contributed by atoms with Gasteiger partial charge in [-0.05, 0) is 39.2 Å². The molecule has 0 saturated carbocycles. The Hall–Kier alpha value is -1.79. The minimum atomic E-state index is -2.58. The van der Waals surface area contributed by atoms with Gasteiger partial charge in [0.15, 0.2) is 5.78 Å². The van der Waals surface area contributed by atoms with E-state index in [0.717, 1.165) is 18.9 Å². The van der Waals surface area contributed by atoms with E-state index in [4.69, 9.17) is 13.3 Å². The Balaban J connectivity index is 1.95. The largest absolute Gasteiger partial charge is 0.500 e. The maximum absolute atomic E-state index is 12.5. The molecule has 146 valence electrons. The number of hydrogen-bond acceptors (Lipinski definition) is 4. The van der Waals surface area contributed by atoms with E-state index in [0.29, 0.717) is 30.9 Å². The molecule has 0 atom stereocenters. The lowest BCUT2D eigenvalue weighted by Crippen LogP contribution is -2.46. The Morgan fingerprint density at radius 2 is 1.30 bits per heavy atom. The molecule has 0 unspecified atom stereocenters. The van der Waals surface area contributed by atoms with E-state index in [1.807, 2.05) is 75.4 Å². The van der Waals surface area contributed by atoms with Gasteiger partial charge < -0.3 is 13.3 Å². The Morgan fingerprint density at radius 3 is 1.81 bits per heavy atom. The van der Waals surface area contributed by atoms with Crippen molar-refractivity contribution in [3.63, 3.8) is 0 Å². The van der Waals surface area contributed by atoms with Crippen LogP contribution in [0.4, 0.5) is 0 Å². The molecule has 0 heterocycles. The van der Waals surface area contributed by atoms with Gasteiger partial charge in [0, 0.05) is 37.0 Å². The number of rotatable bonds is 12. The zero-order valence-corrected chi connectivity index (χ0v) is 17.6. The van der Waals surface area contributed by atoms with Crippen molar-refractivity contribution < 1.29 is 18.1 Å². The molecule has 0 aromatic heterocycles. The SMILES string of the molecule is CCO[Si](CCCc1ccc(C(=O)c2ccccc2)cc1)(OCC)OCC. The standard InChI is InChI=1S/C22H30O4Si/c1-4-24-27(25-5-2,26-6-3)18-10-11-19-14-16-21(17-15-19)22(23)20-12-8-7-9-13-20/h7-9,12-17H,4-6,10-11,18H2,1-3H3. The van der Waals surface area contributed by atoms with Crippen LogP contribution < -0.4 is 0 Å². The van der Waals surface area contributed by atoms with Gasteiger partial charge >= 0.3 is 8.80 Å². The molecule has 5 heteroatoms. The predicted molar refractivity (Wildman–Crippen MR) is 110 cm³/mol. The molecule has 0 aliphatic carbocycles. The first-order valence-corrected chi connectivity index (χ1v) is 11.7. The van der Waals surface area contributed by atoms with Crippen LogP contribution in [0, 0.1) is 0 Å². The second kappa shape index (κ2) is 11.1. The van der Waals surface area contributed by atoms with Crippen molar-refractivity contribution in [1.29, 1.82) is 0 Å². The first-order chi connectivity index (χ1) is 13.1. The van der Waals surface area contributed by atoms with Gasteiger partial charge in [-0.15, -0.1) is 0 Å². The molecule has 0 fully saturated rings. The number of hydrogen-bond donors (Lipinski definition) is 0. The third-order valence-electron chi connectivity index (χ3n) is 4.29. The van der Waals surface area contributed by atoms with Crippen LogP contribution >= 0.6 is 0 Å². The smallest absolute Gasteiger partial charge is 0.374 e. The Labute approximate surface area is 163 Å². The van der Waals surface area contributed by atoms with Crippen molar-refractivity contribution in [2.75, 3.05) is 19.8 Å². The normalized spacial score (nSPS) is 11.5. The van der Waals surface area contributed by atoms with Crippen molar-refractivity contribution in [3.8, 4) is 0 Å². The average Bonchev–Trinajstić information content (AvgIpc) is 2.69. The van der Waals surface area contributed by atoms with Gasteiger partial charge in [0.2, 0.25) is 0 Å². The molecule has 0 radical (unpaired) electrons. The molecule has 0 bridgehead atoms. The van der Waals surface area contributed by atoms with Crippen LogP contribution in [0.15, 0.2) is 54.6 Å². The molecule has 0 saturated heterocycles. The zero-order valence-electron chi connectivity index (χ0n) is 16.6. The molecule has 0 amide bonds. The molecule has 2 rings (SSSR count). The topological polar surface area (TPSA) is 44.8 Å². The van der Waals surface area contributed by atoms with Crippen LogP contribution in [0.25, 0.3) is 0 Å². The van der Waals surface area contributed by atoms with Crippen molar-refractivity contribution in [2.45, 2.75) is 39.7 Å². The van der Waals surface area contributed by atoms with Crippen molar-refractivity contribution in [1.82, 2.24) is 0 Å². The maximum atomic E-state index is 12.5. The van der Waals surface area contributed by atoms with Crippen LogP contribution in [0.5, 0.6) is 0 Å². The Kier molecular flexibility index (Phi) is 8.87. The third kappa shape index (κ3) is 6.39. The summed E-state index contributed by atoms with van der Waals surface area (Å²) in [5, 5.41) is 0. The fourth-order valence-electron chi connectivity index (χ4n) is 3.09. The van der Waals surface area contributed by atoms with Crippen LogP contribution in [-0.2, 0) is 19.7 Å². The van der Waals surface area contributed by atoms with Gasteiger partial charge in [-0.2, -0.15) is 0 Å². The lowest BCUT2D eigenvalue weighted by atomic mass is 10.0. The van der Waals surface area contributed by atoms with E-state index in [-0.39, 0.29) is 5.78 Å². The summed E-state index contributed by atoms with van der Waals surface area (Å²) in [6, 6.07) is 18.0. The fourth-order valence-corrected chi connectivity index (χ4v) is 5.70. The number of carbonyl (C=O) groups excluding carboxylic acids is 1. The van der Waals surface area contributed by atoms with Crippen LogP contribution in [0.2, 0.25) is 6.04 Å². The van der Waals surface area contributed by atoms with Gasteiger partial charge in [-0.25, -0.2) is 0 Å². The lowest BCUT2D eigenvalue weighted by molar-refractivity contribution is 0.0708. The summed E-state index contributed by atoms with van der Waals surface area (Å²) in [5.74, 6) is 0.0533. The van der Waals surface area contributed by atoms with Crippen LogP contribution in [0.3, 0.4) is 0 Å². The van der Waals surface area contributed by atoms with E-state index < -0.39 is 8.80 Å². The van der Waals surface area contributed by atoms with Crippen molar-refractivity contribution >= 4 is 14.6 Å². The van der Waals surface area contributed by atoms with E-state index in [2.05, 4.69) is 0 Å². The van der Waals surface area contributed by atoms with Gasteiger partial charge in [0.25, 0.3) is 0 Å². The lowest BCUT2D eigenvalue weighted by Gasteiger charge is -2.28. The number of benzene rings is 2. The van der Waals surface area contributed by atoms with Gasteiger partial charge in [-0.1, -0.05) is 54.6 Å². The first kappa shape index (κ1) is 21.5. The van der Waals surface area contributed by atoms with Crippen LogP contribution in [-0.4, -0.2) is 34.4 Å². The van der Waals surface area contributed by atoms with Crippen molar-refractivity contribution in [2.24, 2.45) is 0 Å². The van der Waals surface area contributed by atoms with Gasteiger partial charge in [0.05, 0.1) is 0 Å². The van der Waals surface area contributed by atoms with E-state index >= 15 is 0 Å². The minimum absolute atomic E-state index is 0.0533. The van der Waals surface area contributed by atoms with E-state index in [1.54, 1.807) is 0 Å². The quantitative estimate of drug-likeness (QED) is 0.384. The summed E-state index contributed by atoms with van der Waals surface area (Å²) in [4.78, 5) is 12.5. The Bertz CT molecular complexity index is 668. The highest BCUT2D eigenvalue weighted by atomic mass is 28.4.